The van der Waals surface area contributed by atoms with Gasteiger partial charge in [-0.3, -0.25) is 4.79 Å². The molecule has 2 aromatic rings. The van der Waals surface area contributed by atoms with Gasteiger partial charge in [0.1, 0.15) is 5.75 Å². The van der Waals surface area contributed by atoms with E-state index in [1.165, 1.54) is 5.56 Å². The van der Waals surface area contributed by atoms with Crippen LogP contribution in [0.15, 0.2) is 36.1 Å². The van der Waals surface area contributed by atoms with Gasteiger partial charge in [0, 0.05) is 5.02 Å². The Morgan fingerprint density at radius 2 is 1.78 bits per heavy atom. The molecule has 0 amide bonds. The van der Waals surface area contributed by atoms with E-state index in [1.807, 2.05) is 32.0 Å². The molecular formula is C20H19ClO2. The van der Waals surface area contributed by atoms with Gasteiger partial charge in [-0.25, -0.2) is 0 Å². The zero-order chi connectivity index (χ0) is 16.7. The van der Waals surface area contributed by atoms with Crippen LogP contribution in [0.4, 0.5) is 0 Å². The van der Waals surface area contributed by atoms with E-state index in [0.29, 0.717) is 28.0 Å². The molecule has 0 aliphatic carbocycles. The van der Waals surface area contributed by atoms with Crippen molar-refractivity contribution in [3.63, 3.8) is 0 Å². The molecule has 3 heteroatoms. The maximum absolute atomic E-state index is 12.6. The number of aryl methyl sites for hydroxylation is 1. The van der Waals surface area contributed by atoms with Gasteiger partial charge >= 0.3 is 0 Å². The fraction of sp³-hybridized carbons (Fsp3) is 0.250. The summed E-state index contributed by atoms with van der Waals surface area (Å²) in [6.07, 6.45) is 1.79. The van der Waals surface area contributed by atoms with Gasteiger partial charge in [0.15, 0.2) is 5.76 Å². The molecule has 0 saturated carbocycles. The maximum Gasteiger partial charge on any atom is 0.232 e. The van der Waals surface area contributed by atoms with Crippen LogP contribution in [-0.4, -0.2) is 5.78 Å². The molecule has 2 nitrogen and oxygen atoms in total. The number of rotatable bonds is 2. The molecule has 1 aliphatic rings. The first kappa shape index (κ1) is 15.8. The minimum absolute atomic E-state index is 0.104. The summed E-state index contributed by atoms with van der Waals surface area (Å²) < 4.78 is 5.77. The van der Waals surface area contributed by atoms with Crippen molar-refractivity contribution in [1.82, 2.24) is 0 Å². The normalized spacial score (nSPS) is 15.2. The first-order valence-corrected chi connectivity index (χ1v) is 8.10. The molecule has 0 N–H and O–H groups in total. The summed E-state index contributed by atoms with van der Waals surface area (Å²) in [4.78, 5) is 12.6. The summed E-state index contributed by atoms with van der Waals surface area (Å²) >= 11 is 6.25. The summed E-state index contributed by atoms with van der Waals surface area (Å²) in [5, 5.41) is 0.628. The molecule has 1 heterocycles. The van der Waals surface area contributed by atoms with E-state index in [4.69, 9.17) is 16.3 Å². The van der Waals surface area contributed by atoms with Crippen LogP contribution in [0.2, 0.25) is 5.02 Å². The molecule has 0 radical (unpaired) electrons. The second-order valence-corrected chi connectivity index (χ2v) is 6.64. The molecular weight excluding hydrogens is 308 g/mol. The maximum atomic E-state index is 12.6. The van der Waals surface area contributed by atoms with E-state index >= 15 is 0 Å². The van der Waals surface area contributed by atoms with Crippen LogP contribution in [-0.2, 0) is 0 Å². The molecule has 0 spiro atoms. The third-order valence-electron chi connectivity index (χ3n) is 4.22. The molecule has 1 aliphatic heterocycles. The van der Waals surface area contributed by atoms with Crippen molar-refractivity contribution < 1.29 is 9.53 Å². The monoisotopic (exact) mass is 326 g/mol. The molecule has 118 valence electrons. The van der Waals surface area contributed by atoms with E-state index in [9.17, 15) is 4.79 Å². The molecule has 0 unspecified atom stereocenters. The number of hydrogen-bond donors (Lipinski definition) is 0. The van der Waals surface area contributed by atoms with Crippen molar-refractivity contribution in [1.29, 1.82) is 0 Å². The largest absolute Gasteiger partial charge is 0.452 e. The highest BCUT2D eigenvalue weighted by Gasteiger charge is 2.30. The highest BCUT2D eigenvalue weighted by molar-refractivity contribution is 6.33. The van der Waals surface area contributed by atoms with Crippen LogP contribution in [0.5, 0.6) is 5.75 Å². The fourth-order valence-corrected chi connectivity index (χ4v) is 2.95. The average Bonchev–Trinajstić information content (AvgIpc) is 2.81. The zero-order valence-electron chi connectivity index (χ0n) is 13.7. The lowest BCUT2D eigenvalue weighted by atomic mass is 10.00. The highest BCUT2D eigenvalue weighted by atomic mass is 35.5. The van der Waals surface area contributed by atoms with Crippen molar-refractivity contribution in [2.75, 3.05) is 0 Å². The predicted molar refractivity (Wildman–Crippen MR) is 94.4 cm³/mol. The van der Waals surface area contributed by atoms with Gasteiger partial charge in [0.2, 0.25) is 5.78 Å². The Morgan fingerprint density at radius 3 is 2.39 bits per heavy atom. The Morgan fingerprint density at radius 1 is 1.13 bits per heavy atom. The van der Waals surface area contributed by atoms with Crippen LogP contribution in [0.25, 0.3) is 6.08 Å². The minimum Gasteiger partial charge on any atom is -0.452 e. The van der Waals surface area contributed by atoms with Gasteiger partial charge in [-0.15, -0.1) is 0 Å². The number of benzene rings is 2. The van der Waals surface area contributed by atoms with Gasteiger partial charge in [0.05, 0.1) is 5.56 Å². The van der Waals surface area contributed by atoms with E-state index in [2.05, 4.69) is 26.0 Å². The summed E-state index contributed by atoms with van der Waals surface area (Å²) in [6.45, 7) is 8.08. The Labute approximate surface area is 141 Å². The molecule has 3 rings (SSSR count). The summed E-state index contributed by atoms with van der Waals surface area (Å²) in [7, 11) is 0. The Bertz CT molecular complexity index is 815. The minimum atomic E-state index is -0.104. The van der Waals surface area contributed by atoms with Crippen LogP contribution in [0, 0.1) is 13.8 Å². The predicted octanol–water partition coefficient (Wildman–Crippen LogP) is 5.70. The Hall–Kier alpha value is -2.06. The van der Waals surface area contributed by atoms with Crippen LogP contribution in [0.3, 0.4) is 0 Å². The van der Waals surface area contributed by atoms with E-state index in [0.717, 1.165) is 16.7 Å². The third kappa shape index (κ3) is 2.79. The van der Waals surface area contributed by atoms with Gasteiger partial charge in [-0.1, -0.05) is 49.7 Å². The number of Topliss-reactive ketones (excluding diaryl/α,β-unsaturated/α-hetero) is 1. The second-order valence-electron chi connectivity index (χ2n) is 6.27. The Balaban J connectivity index is 1.97. The second kappa shape index (κ2) is 5.86. The number of allylic oxidation sites excluding steroid dienone is 1. The molecule has 23 heavy (non-hydrogen) atoms. The van der Waals surface area contributed by atoms with Gasteiger partial charge < -0.3 is 4.74 Å². The molecule has 0 aromatic heterocycles. The quantitative estimate of drug-likeness (QED) is 0.662. The lowest BCUT2D eigenvalue weighted by Crippen LogP contribution is -2.00. The fourth-order valence-electron chi connectivity index (χ4n) is 2.80. The SMILES string of the molecule is Cc1cc2c(c(C)c1Cl)C(=O)/C(=C/c1ccc(C(C)C)cc1)O2. The van der Waals surface area contributed by atoms with Gasteiger partial charge in [0.25, 0.3) is 0 Å². The standard InChI is InChI=1S/C20H19ClO2/c1-11(2)15-7-5-14(6-8-15)10-17-20(22)18-13(4)19(21)12(3)9-16(18)23-17/h5-11H,1-4H3/b17-10-. The summed E-state index contributed by atoms with van der Waals surface area (Å²) in [5.74, 6) is 1.33. The number of hydrogen-bond acceptors (Lipinski definition) is 2. The van der Waals surface area contributed by atoms with Crippen molar-refractivity contribution in [2.24, 2.45) is 0 Å². The van der Waals surface area contributed by atoms with E-state index < -0.39 is 0 Å². The number of carbonyl (C=O) groups is 1. The van der Waals surface area contributed by atoms with Crippen molar-refractivity contribution >= 4 is 23.5 Å². The number of halogens is 1. The van der Waals surface area contributed by atoms with Crippen LogP contribution in [0.1, 0.15) is 52.4 Å². The first-order chi connectivity index (χ1) is 10.9. The summed E-state index contributed by atoms with van der Waals surface area (Å²) in [5.41, 5.74) is 4.49. The Kier molecular flexibility index (Phi) is 4.03. The van der Waals surface area contributed by atoms with Crippen LogP contribution < -0.4 is 4.74 Å². The number of ketones is 1. The van der Waals surface area contributed by atoms with Gasteiger partial charge in [-0.05, 0) is 54.2 Å². The topological polar surface area (TPSA) is 26.3 Å². The summed E-state index contributed by atoms with van der Waals surface area (Å²) in [6, 6.07) is 10.00. The van der Waals surface area contributed by atoms with E-state index in [-0.39, 0.29) is 5.78 Å². The van der Waals surface area contributed by atoms with Crippen molar-refractivity contribution in [2.45, 2.75) is 33.6 Å². The smallest absolute Gasteiger partial charge is 0.232 e. The number of ether oxygens (including phenoxy) is 1. The number of carbonyl (C=O) groups excluding carboxylic acids is 1. The lowest BCUT2D eigenvalue weighted by Gasteiger charge is -2.06. The first-order valence-electron chi connectivity index (χ1n) is 7.72. The van der Waals surface area contributed by atoms with Crippen molar-refractivity contribution in [3.8, 4) is 5.75 Å². The van der Waals surface area contributed by atoms with Gasteiger partial charge in [-0.2, -0.15) is 0 Å². The molecule has 0 bridgehead atoms. The lowest BCUT2D eigenvalue weighted by molar-refractivity contribution is 0.101. The molecule has 2 aromatic carbocycles. The highest BCUT2D eigenvalue weighted by Crippen LogP contribution is 2.39. The molecule has 0 fully saturated rings. The molecule has 0 atom stereocenters. The third-order valence-corrected chi connectivity index (χ3v) is 4.80. The zero-order valence-corrected chi connectivity index (χ0v) is 14.5. The van der Waals surface area contributed by atoms with Crippen molar-refractivity contribution in [3.05, 3.63) is 68.9 Å². The average molecular weight is 327 g/mol. The van der Waals surface area contributed by atoms with E-state index in [1.54, 1.807) is 6.08 Å². The molecule has 0 saturated heterocycles. The van der Waals surface area contributed by atoms with Crippen LogP contribution >= 0.6 is 11.6 Å². The number of fused-ring (bicyclic) bond motifs is 1.